The van der Waals surface area contributed by atoms with Crippen molar-refractivity contribution in [3.8, 4) is 11.1 Å². The van der Waals surface area contributed by atoms with E-state index >= 15 is 0 Å². The van der Waals surface area contributed by atoms with Crippen LogP contribution in [-0.4, -0.2) is 156 Å². The molecule has 6 rings (SSSR count). The zero-order valence-electron chi connectivity index (χ0n) is 36.6. The third kappa shape index (κ3) is 12.9. The summed E-state index contributed by atoms with van der Waals surface area (Å²) in [5.74, 6) is -0.612. The highest BCUT2D eigenvalue weighted by atomic mass is 79.9. The molecule has 3 atom stereocenters. The first-order chi connectivity index (χ1) is 30.8. The number of hydrogen-bond acceptors (Lipinski definition) is 15. The number of halogens is 1. The lowest BCUT2D eigenvalue weighted by molar-refractivity contribution is -0.138. The average Bonchev–Trinajstić information content (AvgIpc) is 3.62. The maximum Gasteiger partial charge on any atom is 0.248 e. The summed E-state index contributed by atoms with van der Waals surface area (Å²) in [4.78, 5) is 81.9. The van der Waals surface area contributed by atoms with Crippen molar-refractivity contribution in [2.75, 3.05) is 85.4 Å². The SMILES string of the molecule is CC(=O)c1nn(CC(=O)N2C3C[C@]3(C)C[C@H]2C(=O)Nc2nc(Br)ccc2CN(C)C)c2ccc(-c3cnc(CNC(=O)COCCOCCNC(=O)COCCOCCN)nc3)cc12. The predicted octanol–water partition coefficient (Wildman–Crippen LogP) is 1.69. The summed E-state index contributed by atoms with van der Waals surface area (Å²) in [7, 11) is 3.87. The number of aromatic nitrogens is 5. The molecule has 64 heavy (non-hydrogen) atoms. The van der Waals surface area contributed by atoms with Gasteiger partial charge in [-0.1, -0.05) is 19.1 Å². The Bertz CT molecular complexity index is 2290. The van der Waals surface area contributed by atoms with Gasteiger partial charge in [0.05, 0.1) is 51.7 Å². The van der Waals surface area contributed by atoms with Gasteiger partial charge < -0.3 is 50.4 Å². The maximum absolute atomic E-state index is 14.1. The first kappa shape index (κ1) is 48.2. The number of nitrogens with one attached hydrogen (secondary N) is 3. The molecule has 2 aliphatic rings. The summed E-state index contributed by atoms with van der Waals surface area (Å²) in [6.45, 7) is 6.32. The molecular weight excluding hydrogens is 894 g/mol. The number of pyridine rings is 1. The van der Waals surface area contributed by atoms with E-state index in [1.807, 2.05) is 43.3 Å². The number of carbonyl (C=O) groups is 5. The molecular formula is C43H56BrN11O9. The fourth-order valence-corrected chi connectivity index (χ4v) is 7.85. The quantitative estimate of drug-likeness (QED) is 0.0420. The Labute approximate surface area is 379 Å². The lowest BCUT2D eigenvalue weighted by atomic mass is 10.0. The lowest BCUT2D eigenvalue weighted by Gasteiger charge is -2.27. The normalized spacial score (nSPS) is 17.7. The molecule has 1 aliphatic carbocycles. The van der Waals surface area contributed by atoms with Crippen molar-refractivity contribution in [3.05, 3.63) is 64.4 Å². The number of ether oxygens (including phenoxy) is 4. The molecule has 2 fully saturated rings. The van der Waals surface area contributed by atoms with Crippen LogP contribution in [0, 0.1) is 5.41 Å². The molecule has 20 nitrogen and oxygen atoms in total. The van der Waals surface area contributed by atoms with Crippen molar-refractivity contribution >= 4 is 62.1 Å². The molecule has 4 amide bonds. The van der Waals surface area contributed by atoms with Crippen molar-refractivity contribution in [2.24, 2.45) is 11.1 Å². The second-order valence-corrected chi connectivity index (χ2v) is 17.0. The van der Waals surface area contributed by atoms with Crippen LogP contribution in [0.2, 0.25) is 0 Å². The fourth-order valence-electron chi connectivity index (χ4n) is 7.54. The van der Waals surface area contributed by atoms with Crippen LogP contribution in [0.3, 0.4) is 0 Å². The van der Waals surface area contributed by atoms with Crippen molar-refractivity contribution in [1.29, 1.82) is 0 Å². The number of hydrogen-bond donors (Lipinski definition) is 4. The first-order valence-corrected chi connectivity index (χ1v) is 21.8. The number of nitrogens with zero attached hydrogens (tertiary/aromatic N) is 7. The Balaban J connectivity index is 0.975. The molecule has 3 aromatic heterocycles. The second-order valence-electron chi connectivity index (χ2n) is 16.2. The number of amides is 4. The minimum atomic E-state index is -0.690. The molecule has 1 saturated heterocycles. The molecule has 0 bridgehead atoms. The van der Waals surface area contributed by atoms with Crippen molar-refractivity contribution < 1.29 is 42.9 Å². The topological polar surface area (TPSA) is 247 Å². The number of piperidine rings is 1. The van der Waals surface area contributed by atoms with E-state index in [1.54, 1.807) is 23.4 Å². The molecule has 344 valence electrons. The van der Waals surface area contributed by atoms with Gasteiger partial charge in [-0.05, 0) is 72.0 Å². The van der Waals surface area contributed by atoms with E-state index in [4.69, 9.17) is 24.7 Å². The van der Waals surface area contributed by atoms with Crippen LogP contribution >= 0.6 is 15.9 Å². The van der Waals surface area contributed by atoms with Gasteiger partial charge in [0.1, 0.15) is 47.7 Å². The number of anilines is 1. The predicted molar refractivity (Wildman–Crippen MR) is 238 cm³/mol. The average molecular weight is 951 g/mol. The van der Waals surface area contributed by atoms with Crippen molar-refractivity contribution in [2.45, 2.75) is 58.4 Å². The Morgan fingerprint density at radius 3 is 2.27 bits per heavy atom. The zero-order chi connectivity index (χ0) is 45.8. The summed E-state index contributed by atoms with van der Waals surface area (Å²) in [5.41, 5.74) is 8.23. The highest BCUT2D eigenvalue weighted by molar-refractivity contribution is 9.10. The van der Waals surface area contributed by atoms with E-state index in [1.165, 1.54) is 11.6 Å². The minimum absolute atomic E-state index is 0.0740. The molecule has 0 radical (unpaired) electrons. The molecule has 0 spiro atoms. The molecule has 4 heterocycles. The van der Waals surface area contributed by atoms with Gasteiger partial charge in [-0.3, -0.25) is 28.7 Å². The largest absolute Gasteiger partial charge is 0.378 e. The van der Waals surface area contributed by atoms with Crippen LogP contribution in [0.25, 0.3) is 22.0 Å². The van der Waals surface area contributed by atoms with Crippen molar-refractivity contribution in [1.82, 2.24) is 45.2 Å². The number of nitrogens with two attached hydrogens (primary N) is 1. The summed E-state index contributed by atoms with van der Waals surface area (Å²) < 4.78 is 23.3. The number of Topliss-reactive ketones (excluding diaryl/α,β-unsaturated/α-hetero) is 1. The van der Waals surface area contributed by atoms with Crippen LogP contribution in [0.5, 0.6) is 0 Å². The van der Waals surface area contributed by atoms with Crippen LogP contribution in [0.1, 0.15) is 48.6 Å². The summed E-state index contributed by atoms with van der Waals surface area (Å²) in [6, 6.07) is 8.43. The summed E-state index contributed by atoms with van der Waals surface area (Å²) in [6.07, 6.45) is 4.58. The number of fused-ring (bicyclic) bond motifs is 2. The van der Waals surface area contributed by atoms with Crippen molar-refractivity contribution in [3.63, 3.8) is 0 Å². The molecule has 1 aromatic carbocycles. The van der Waals surface area contributed by atoms with Crippen LogP contribution < -0.4 is 21.7 Å². The Hall–Kier alpha value is -5.29. The minimum Gasteiger partial charge on any atom is -0.378 e. The maximum atomic E-state index is 14.1. The van der Waals surface area contributed by atoms with E-state index in [2.05, 4.69) is 58.9 Å². The third-order valence-electron chi connectivity index (χ3n) is 10.8. The van der Waals surface area contributed by atoms with E-state index in [0.29, 0.717) is 78.6 Å². The smallest absolute Gasteiger partial charge is 0.248 e. The van der Waals surface area contributed by atoms with Gasteiger partial charge in [0.15, 0.2) is 5.78 Å². The Morgan fingerprint density at radius 2 is 1.58 bits per heavy atom. The molecule has 1 aliphatic heterocycles. The number of benzene rings is 1. The second kappa shape index (κ2) is 22.6. The number of ketones is 1. The van der Waals surface area contributed by atoms with E-state index in [0.717, 1.165) is 17.5 Å². The summed E-state index contributed by atoms with van der Waals surface area (Å²) in [5, 5.41) is 13.5. The van der Waals surface area contributed by atoms with Gasteiger partial charge >= 0.3 is 0 Å². The number of carbonyl (C=O) groups excluding carboxylic acids is 5. The zero-order valence-corrected chi connectivity index (χ0v) is 38.1. The Kier molecular flexibility index (Phi) is 17.0. The van der Waals surface area contributed by atoms with Gasteiger partial charge in [-0.15, -0.1) is 0 Å². The highest BCUT2D eigenvalue weighted by Crippen LogP contribution is 2.59. The molecule has 21 heteroatoms. The standard InChI is InChI=1S/C43H56BrN11O9/c1-27(56)40-31-17-28(30-20-47-36(48-21-30)22-49-38(58)26-64-16-14-62-12-10-46-37(57)25-63-15-13-61-11-9-45)5-7-32(31)54(52-40)24-39(59)55-33(18-43(2)19-34(43)55)42(60)51-41-29(23-53(3)4)6-8-35(44)50-41/h5-8,17,20-21,33-34H,9-16,18-19,22-26,45H2,1-4H3,(H,46,57)(H,49,58)(H,50,51,60)/t33-,34?,43-/m0/s1. The lowest BCUT2D eigenvalue weighted by Crippen LogP contribution is -2.47. The molecule has 1 saturated carbocycles. The van der Waals surface area contributed by atoms with Crippen LogP contribution in [0.15, 0.2) is 47.3 Å². The Morgan fingerprint density at radius 1 is 0.891 bits per heavy atom. The van der Waals surface area contributed by atoms with Crippen LogP contribution in [0.4, 0.5) is 5.82 Å². The summed E-state index contributed by atoms with van der Waals surface area (Å²) >= 11 is 3.41. The van der Waals surface area contributed by atoms with Gasteiger partial charge in [-0.2, -0.15) is 5.10 Å². The third-order valence-corrected chi connectivity index (χ3v) is 11.2. The first-order valence-electron chi connectivity index (χ1n) is 21.1. The van der Waals surface area contributed by atoms with Gasteiger partial charge in [-0.25, -0.2) is 15.0 Å². The van der Waals surface area contributed by atoms with Gasteiger partial charge in [0.2, 0.25) is 23.6 Å². The fraction of sp³-hybridized carbons (Fsp3) is 0.512. The number of rotatable bonds is 25. The highest BCUT2D eigenvalue weighted by Gasteiger charge is 2.64. The van der Waals surface area contributed by atoms with E-state index < -0.39 is 6.04 Å². The molecule has 4 aromatic rings. The number of likely N-dealkylation sites (tertiary alicyclic amines) is 1. The van der Waals surface area contributed by atoms with Crippen LogP contribution in [-0.2, 0) is 57.8 Å². The van der Waals surface area contributed by atoms with E-state index in [-0.39, 0.29) is 92.7 Å². The van der Waals surface area contributed by atoms with E-state index in [9.17, 15) is 24.0 Å². The van der Waals surface area contributed by atoms with Gasteiger partial charge in [0, 0.05) is 61.5 Å². The molecule has 1 unspecified atom stereocenters. The molecule has 5 N–H and O–H groups in total. The monoisotopic (exact) mass is 949 g/mol. The van der Waals surface area contributed by atoms with Gasteiger partial charge in [0.25, 0.3) is 0 Å².